The van der Waals surface area contributed by atoms with Crippen LogP contribution in [0.4, 0.5) is 17.6 Å². The molecule has 5 heteroatoms. The molecule has 0 aliphatic heterocycles. The van der Waals surface area contributed by atoms with E-state index in [1.807, 2.05) is 0 Å². The van der Waals surface area contributed by atoms with Crippen LogP contribution >= 0.6 is 15.9 Å². The maximum absolute atomic E-state index is 12.7. The standard InChI is InChI=1S/C7H3BrF4/c8-5-4(9)2-1-3(6(5)10)7(11)12/h1-2,7H. The molecule has 0 unspecified atom stereocenters. The normalized spacial score (nSPS) is 10.8. The van der Waals surface area contributed by atoms with Crippen molar-refractivity contribution in [1.29, 1.82) is 0 Å². The Morgan fingerprint density at radius 2 is 1.75 bits per heavy atom. The van der Waals surface area contributed by atoms with E-state index in [4.69, 9.17) is 0 Å². The van der Waals surface area contributed by atoms with Gasteiger partial charge in [0.15, 0.2) is 0 Å². The summed E-state index contributed by atoms with van der Waals surface area (Å²) in [6, 6.07) is 1.51. The van der Waals surface area contributed by atoms with E-state index in [1.165, 1.54) is 0 Å². The van der Waals surface area contributed by atoms with Gasteiger partial charge in [-0.3, -0.25) is 0 Å². The SMILES string of the molecule is Fc1ccc(C(F)F)c(F)c1Br. The lowest BCUT2D eigenvalue weighted by atomic mass is 10.2. The molecule has 0 heterocycles. The fraction of sp³-hybridized carbons (Fsp3) is 0.143. The average molecular weight is 243 g/mol. The first kappa shape index (κ1) is 9.51. The molecule has 0 aliphatic rings. The molecule has 1 aromatic rings. The number of hydrogen-bond acceptors (Lipinski definition) is 0. The third-order valence-electron chi connectivity index (χ3n) is 1.30. The monoisotopic (exact) mass is 242 g/mol. The topological polar surface area (TPSA) is 0 Å². The molecule has 0 spiro atoms. The van der Waals surface area contributed by atoms with Gasteiger partial charge in [0.2, 0.25) is 0 Å². The van der Waals surface area contributed by atoms with E-state index < -0.39 is 28.1 Å². The van der Waals surface area contributed by atoms with Gasteiger partial charge < -0.3 is 0 Å². The number of hydrogen-bond donors (Lipinski definition) is 0. The zero-order valence-corrected chi connectivity index (χ0v) is 7.21. The maximum atomic E-state index is 12.7. The van der Waals surface area contributed by atoms with E-state index in [2.05, 4.69) is 15.9 Å². The molecule has 0 aromatic heterocycles. The molecular weight excluding hydrogens is 240 g/mol. The quantitative estimate of drug-likeness (QED) is 0.521. The Bertz CT molecular complexity index is 298. The van der Waals surface area contributed by atoms with Crippen molar-refractivity contribution < 1.29 is 17.6 Å². The number of halogens is 5. The van der Waals surface area contributed by atoms with Gasteiger partial charge in [-0.25, -0.2) is 17.6 Å². The first-order valence-electron chi connectivity index (χ1n) is 2.95. The van der Waals surface area contributed by atoms with Crippen molar-refractivity contribution >= 4 is 15.9 Å². The second-order valence-electron chi connectivity index (χ2n) is 2.07. The van der Waals surface area contributed by atoms with Gasteiger partial charge in [0.1, 0.15) is 11.6 Å². The number of alkyl halides is 2. The molecule has 0 fully saturated rings. The molecule has 0 radical (unpaired) electrons. The Hall–Kier alpha value is -0.580. The lowest BCUT2D eigenvalue weighted by molar-refractivity contribution is 0.146. The summed E-state index contributed by atoms with van der Waals surface area (Å²) >= 11 is 2.51. The van der Waals surface area contributed by atoms with E-state index >= 15 is 0 Å². The first-order chi connectivity index (χ1) is 5.54. The van der Waals surface area contributed by atoms with Gasteiger partial charge in [-0.15, -0.1) is 0 Å². The molecule has 0 atom stereocenters. The van der Waals surface area contributed by atoms with Gasteiger partial charge in [-0.05, 0) is 28.1 Å². The van der Waals surface area contributed by atoms with Crippen LogP contribution in [0.2, 0.25) is 0 Å². The zero-order chi connectivity index (χ0) is 9.30. The molecule has 0 aliphatic carbocycles. The molecule has 12 heavy (non-hydrogen) atoms. The van der Waals surface area contributed by atoms with Gasteiger partial charge in [0.25, 0.3) is 6.43 Å². The molecule has 0 nitrogen and oxygen atoms in total. The van der Waals surface area contributed by atoms with Gasteiger partial charge in [0.05, 0.1) is 10.0 Å². The lowest BCUT2D eigenvalue weighted by Crippen LogP contribution is -1.93. The summed E-state index contributed by atoms with van der Waals surface area (Å²) in [4.78, 5) is 0. The van der Waals surface area contributed by atoms with Crippen molar-refractivity contribution in [2.75, 3.05) is 0 Å². The molecule has 66 valence electrons. The highest BCUT2D eigenvalue weighted by atomic mass is 79.9. The summed E-state index contributed by atoms with van der Waals surface area (Å²) in [5.41, 5.74) is -0.803. The second kappa shape index (κ2) is 3.43. The van der Waals surface area contributed by atoms with Crippen LogP contribution < -0.4 is 0 Å². The largest absolute Gasteiger partial charge is 0.266 e. The molecule has 1 rings (SSSR count). The Kier molecular flexibility index (Phi) is 2.72. The van der Waals surface area contributed by atoms with Crippen LogP contribution in [0.1, 0.15) is 12.0 Å². The van der Waals surface area contributed by atoms with Crippen LogP contribution in [0.3, 0.4) is 0 Å². The Balaban J connectivity index is 3.27. The zero-order valence-electron chi connectivity index (χ0n) is 5.62. The Morgan fingerprint density at radius 1 is 1.17 bits per heavy atom. The maximum Gasteiger partial charge on any atom is 0.266 e. The van der Waals surface area contributed by atoms with Gasteiger partial charge in [0, 0.05) is 0 Å². The van der Waals surface area contributed by atoms with E-state index in [0.717, 1.165) is 12.1 Å². The number of rotatable bonds is 1. The summed E-state index contributed by atoms with van der Waals surface area (Å²) in [6.07, 6.45) is -2.93. The highest BCUT2D eigenvalue weighted by molar-refractivity contribution is 9.10. The smallest absolute Gasteiger partial charge is 0.206 e. The fourth-order valence-corrected chi connectivity index (χ4v) is 1.07. The highest BCUT2D eigenvalue weighted by Crippen LogP contribution is 2.28. The lowest BCUT2D eigenvalue weighted by Gasteiger charge is -2.03. The first-order valence-corrected chi connectivity index (χ1v) is 3.75. The predicted octanol–water partition coefficient (Wildman–Crippen LogP) is 3.66. The highest BCUT2D eigenvalue weighted by Gasteiger charge is 2.17. The molecule has 0 bridgehead atoms. The molecular formula is C7H3BrF4. The molecule has 0 N–H and O–H groups in total. The third-order valence-corrected chi connectivity index (χ3v) is 2.03. The minimum atomic E-state index is -2.93. The predicted molar refractivity (Wildman–Crippen MR) is 39.0 cm³/mol. The Morgan fingerprint density at radius 3 is 2.25 bits per heavy atom. The average Bonchev–Trinajstić information content (AvgIpc) is 2.00. The van der Waals surface area contributed by atoms with E-state index in [-0.39, 0.29) is 0 Å². The van der Waals surface area contributed by atoms with Gasteiger partial charge in [-0.2, -0.15) is 0 Å². The van der Waals surface area contributed by atoms with Crippen LogP contribution in [-0.2, 0) is 0 Å². The summed E-state index contributed by atoms with van der Waals surface area (Å²) < 4.78 is 48.6. The van der Waals surface area contributed by atoms with E-state index in [9.17, 15) is 17.6 Å². The molecule has 1 aromatic carbocycles. The van der Waals surface area contributed by atoms with Gasteiger partial charge >= 0.3 is 0 Å². The summed E-state index contributed by atoms with van der Waals surface area (Å²) in [6.45, 7) is 0. The summed E-state index contributed by atoms with van der Waals surface area (Å²) in [7, 11) is 0. The fourth-order valence-electron chi connectivity index (χ4n) is 0.709. The van der Waals surface area contributed by atoms with Crippen molar-refractivity contribution in [3.63, 3.8) is 0 Å². The number of benzene rings is 1. The third kappa shape index (κ3) is 1.60. The van der Waals surface area contributed by atoms with Crippen molar-refractivity contribution in [3.05, 3.63) is 33.8 Å². The van der Waals surface area contributed by atoms with E-state index in [1.54, 1.807) is 0 Å². The van der Waals surface area contributed by atoms with Crippen molar-refractivity contribution in [3.8, 4) is 0 Å². The summed E-state index contributed by atoms with van der Waals surface area (Å²) in [5, 5.41) is 0. The van der Waals surface area contributed by atoms with Crippen LogP contribution in [0, 0.1) is 11.6 Å². The molecule has 0 saturated heterocycles. The van der Waals surface area contributed by atoms with Gasteiger partial charge in [-0.1, -0.05) is 0 Å². The second-order valence-corrected chi connectivity index (χ2v) is 2.86. The summed E-state index contributed by atoms with van der Waals surface area (Å²) in [5.74, 6) is -2.14. The minimum absolute atomic E-state index is 0.555. The van der Waals surface area contributed by atoms with Crippen LogP contribution in [0.25, 0.3) is 0 Å². The van der Waals surface area contributed by atoms with Crippen LogP contribution in [-0.4, -0.2) is 0 Å². The van der Waals surface area contributed by atoms with Crippen LogP contribution in [0.15, 0.2) is 16.6 Å². The Labute approximate surface area is 74.3 Å². The molecule has 0 amide bonds. The van der Waals surface area contributed by atoms with Crippen molar-refractivity contribution in [2.45, 2.75) is 6.43 Å². The van der Waals surface area contributed by atoms with Crippen molar-refractivity contribution in [2.24, 2.45) is 0 Å². The van der Waals surface area contributed by atoms with Crippen LogP contribution in [0.5, 0.6) is 0 Å². The minimum Gasteiger partial charge on any atom is -0.206 e. The van der Waals surface area contributed by atoms with Crippen molar-refractivity contribution in [1.82, 2.24) is 0 Å². The van der Waals surface area contributed by atoms with E-state index in [0.29, 0.717) is 0 Å². The molecule has 0 saturated carbocycles.